The molecule has 2 aromatic carbocycles. The molecule has 1 nitrogen and oxygen atoms in total. The number of rotatable bonds is 3. The first-order valence-corrected chi connectivity index (χ1v) is 7.67. The van der Waals surface area contributed by atoms with E-state index in [9.17, 15) is 4.79 Å². The summed E-state index contributed by atoms with van der Waals surface area (Å²) in [5, 5.41) is 0. The maximum absolute atomic E-state index is 11.8. The fraction of sp³-hybridized carbons (Fsp3) is 0.190. The molecule has 0 heterocycles. The number of allylic oxidation sites excluding steroid dienone is 3. The van der Waals surface area contributed by atoms with Gasteiger partial charge in [0.05, 0.1) is 0 Å². The standard InChI is InChI=1S/C21H20O/c1-15-3-7-17(8-4-15)11-19-13-21(22)14-20(19)12-18-9-5-16(2)6-10-18/h3-11,14H,12-13H2,1-2H3/b19-11-. The van der Waals surface area contributed by atoms with Crippen LogP contribution in [-0.4, -0.2) is 5.78 Å². The average Bonchev–Trinajstić information content (AvgIpc) is 2.83. The molecule has 0 atom stereocenters. The van der Waals surface area contributed by atoms with Gasteiger partial charge in [0, 0.05) is 6.42 Å². The number of aryl methyl sites for hydroxylation is 2. The molecule has 1 aliphatic carbocycles. The van der Waals surface area contributed by atoms with E-state index in [-0.39, 0.29) is 5.78 Å². The number of hydrogen-bond donors (Lipinski definition) is 0. The summed E-state index contributed by atoms with van der Waals surface area (Å²) >= 11 is 0. The average molecular weight is 288 g/mol. The Kier molecular flexibility index (Phi) is 4.06. The zero-order chi connectivity index (χ0) is 15.5. The molecule has 3 rings (SSSR count). The van der Waals surface area contributed by atoms with Crippen molar-refractivity contribution in [3.63, 3.8) is 0 Å². The number of carbonyl (C=O) groups excluding carboxylic acids is 1. The Morgan fingerprint density at radius 1 is 0.909 bits per heavy atom. The normalized spacial score (nSPS) is 16.2. The van der Waals surface area contributed by atoms with Crippen LogP contribution < -0.4 is 0 Å². The molecule has 22 heavy (non-hydrogen) atoms. The van der Waals surface area contributed by atoms with E-state index in [0.29, 0.717) is 6.42 Å². The van der Waals surface area contributed by atoms with Gasteiger partial charge in [-0.25, -0.2) is 0 Å². The molecule has 110 valence electrons. The van der Waals surface area contributed by atoms with Crippen LogP contribution in [-0.2, 0) is 11.2 Å². The SMILES string of the molecule is Cc1ccc(/C=C2/CC(=O)C=C2Cc2ccc(C)cc2)cc1. The Balaban J connectivity index is 1.85. The van der Waals surface area contributed by atoms with Crippen LogP contribution >= 0.6 is 0 Å². The summed E-state index contributed by atoms with van der Waals surface area (Å²) in [6, 6.07) is 16.9. The highest BCUT2D eigenvalue weighted by molar-refractivity contribution is 5.98. The molecular formula is C21H20O. The minimum absolute atomic E-state index is 0.209. The van der Waals surface area contributed by atoms with Crippen LogP contribution in [0.25, 0.3) is 6.08 Å². The fourth-order valence-corrected chi connectivity index (χ4v) is 2.74. The third-order valence-corrected chi connectivity index (χ3v) is 4.05. The van der Waals surface area contributed by atoms with E-state index in [1.807, 2.05) is 0 Å². The highest BCUT2D eigenvalue weighted by Crippen LogP contribution is 2.28. The van der Waals surface area contributed by atoms with E-state index >= 15 is 0 Å². The maximum Gasteiger partial charge on any atom is 0.160 e. The van der Waals surface area contributed by atoms with Gasteiger partial charge in [-0.3, -0.25) is 4.79 Å². The summed E-state index contributed by atoms with van der Waals surface area (Å²) in [7, 11) is 0. The maximum atomic E-state index is 11.8. The van der Waals surface area contributed by atoms with Crippen LogP contribution in [0.4, 0.5) is 0 Å². The van der Waals surface area contributed by atoms with Crippen molar-refractivity contribution >= 4 is 11.9 Å². The monoisotopic (exact) mass is 288 g/mol. The molecule has 2 aromatic rings. The Morgan fingerprint density at radius 3 is 2.14 bits per heavy atom. The van der Waals surface area contributed by atoms with Crippen LogP contribution in [0.2, 0.25) is 0 Å². The number of hydrogen-bond acceptors (Lipinski definition) is 1. The molecule has 0 amide bonds. The first-order chi connectivity index (χ1) is 10.6. The first-order valence-electron chi connectivity index (χ1n) is 7.67. The van der Waals surface area contributed by atoms with Gasteiger partial charge in [0.25, 0.3) is 0 Å². The minimum atomic E-state index is 0.209. The van der Waals surface area contributed by atoms with E-state index in [1.54, 1.807) is 6.08 Å². The summed E-state index contributed by atoms with van der Waals surface area (Å²) in [6.45, 7) is 4.17. The van der Waals surface area contributed by atoms with E-state index in [4.69, 9.17) is 0 Å². The molecule has 0 spiro atoms. The highest BCUT2D eigenvalue weighted by Gasteiger charge is 2.18. The molecule has 0 radical (unpaired) electrons. The minimum Gasteiger partial charge on any atom is -0.294 e. The third-order valence-electron chi connectivity index (χ3n) is 4.05. The van der Waals surface area contributed by atoms with Crippen molar-refractivity contribution in [2.75, 3.05) is 0 Å². The van der Waals surface area contributed by atoms with E-state index in [0.717, 1.165) is 23.1 Å². The summed E-state index contributed by atoms with van der Waals surface area (Å²) in [5.74, 6) is 0.209. The van der Waals surface area contributed by atoms with Gasteiger partial charge in [0.1, 0.15) is 0 Å². The van der Waals surface area contributed by atoms with E-state index < -0.39 is 0 Å². The number of ketones is 1. The molecule has 0 unspecified atom stereocenters. The Morgan fingerprint density at radius 2 is 1.50 bits per heavy atom. The van der Waals surface area contributed by atoms with Crippen LogP contribution in [0.1, 0.15) is 28.7 Å². The van der Waals surface area contributed by atoms with Crippen LogP contribution in [0, 0.1) is 13.8 Å². The highest BCUT2D eigenvalue weighted by atomic mass is 16.1. The topological polar surface area (TPSA) is 17.1 Å². The van der Waals surface area contributed by atoms with Crippen molar-refractivity contribution in [3.8, 4) is 0 Å². The molecule has 0 saturated heterocycles. The van der Waals surface area contributed by atoms with Gasteiger partial charge in [-0.2, -0.15) is 0 Å². The smallest absolute Gasteiger partial charge is 0.160 e. The van der Waals surface area contributed by atoms with Crippen LogP contribution in [0.3, 0.4) is 0 Å². The zero-order valence-corrected chi connectivity index (χ0v) is 13.1. The summed E-state index contributed by atoms with van der Waals surface area (Å²) < 4.78 is 0. The quantitative estimate of drug-likeness (QED) is 0.790. The molecule has 0 aliphatic heterocycles. The number of carbonyl (C=O) groups is 1. The molecule has 1 aliphatic rings. The van der Waals surface area contributed by atoms with Crippen LogP contribution in [0.15, 0.2) is 65.8 Å². The van der Waals surface area contributed by atoms with Crippen molar-refractivity contribution in [2.24, 2.45) is 0 Å². The van der Waals surface area contributed by atoms with E-state index in [2.05, 4.69) is 68.5 Å². The summed E-state index contributed by atoms with van der Waals surface area (Å²) in [6.07, 6.45) is 5.29. The zero-order valence-electron chi connectivity index (χ0n) is 13.1. The van der Waals surface area contributed by atoms with Gasteiger partial charge >= 0.3 is 0 Å². The van der Waals surface area contributed by atoms with Gasteiger partial charge in [0.2, 0.25) is 0 Å². The lowest BCUT2D eigenvalue weighted by Gasteiger charge is -2.07. The lowest BCUT2D eigenvalue weighted by molar-refractivity contribution is -0.113. The Hall–Kier alpha value is -2.41. The summed E-state index contributed by atoms with van der Waals surface area (Å²) in [4.78, 5) is 11.8. The Labute approximate surface area is 132 Å². The molecule has 0 bridgehead atoms. The molecule has 0 saturated carbocycles. The Bertz CT molecular complexity index is 743. The van der Waals surface area contributed by atoms with Crippen molar-refractivity contribution < 1.29 is 4.79 Å². The van der Waals surface area contributed by atoms with Crippen LogP contribution in [0.5, 0.6) is 0 Å². The first kappa shape index (κ1) is 14.5. The second-order valence-corrected chi connectivity index (χ2v) is 6.06. The predicted molar refractivity (Wildman–Crippen MR) is 91.7 cm³/mol. The van der Waals surface area contributed by atoms with Crippen molar-refractivity contribution in [3.05, 3.63) is 88.0 Å². The van der Waals surface area contributed by atoms with Gasteiger partial charge in [0.15, 0.2) is 5.78 Å². The molecule has 0 aromatic heterocycles. The van der Waals surface area contributed by atoms with Gasteiger partial charge in [-0.05, 0) is 48.6 Å². The fourth-order valence-electron chi connectivity index (χ4n) is 2.74. The van der Waals surface area contributed by atoms with Gasteiger partial charge in [-0.15, -0.1) is 0 Å². The van der Waals surface area contributed by atoms with Crippen molar-refractivity contribution in [2.45, 2.75) is 26.7 Å². The third kappa shape index (κ3) is 3.43. The lowest BCUT2D eigenvalue weighted by Crippen LogP contribution is -1.91. The van der Waals surface area contributed by atoms with Gasteiger partial charge in [-0.1, -0.05) is 65.7 Å². The summed E-state index contributed by atoms with van der Waals surface area (Å²) in [5.41, 5.74) is 7.21. The van der Waals surface area contributed by atoms with Gasteiger partial charge < -0.3 is 0 Å². The second-order valence-electron chi connectivity index (χ2n) is 6.06. The predicted octanol–water partition coefficient (Wildman–Crippen LogP) is 4.83. The lowest BCUT2D eigenvalue weighted by atomic mass is 9.98. The molecule has 1 heteroatoms. The van der Waals surface area contributed by atoms with E-state index in [1.165, 1.54) is 16.7 Å². The number of benzene rings is 2. The molecule has 0 N–H and O–H groups in total. The molecular weight excluding hydrogens is 268 g/mol. The second kappa shape index (κ2) is 6.15. The largest absolute Gasteiger partial charge is 0.294 e. The van der Waals surface area contributed by atoms with Crippen molar-refractivity contribution in [1.82, 2.24) is 0 Å². The molecule has 0 fully saturated rings. The van der Waals surface area contributed by atoms with Crippen molar-refractivity contribution in [1.29, 1.82) is 0 Å².